The first-order valence-electron chi connectivity index (χ1n) is 1.21. The summed E-state index contributed by atoms with van der Waals surface area (Å²) in [6, 6.07) is 0. The van der Waals surface area contributed by atoms with E-state index < -0.39 is 0 Å². The fourth-order valence-corrected chi connectivity index (χ4v) is 0. The van der Waals surface area contributed by atoms with Crippen molar-refractivity contribution in [2.75, 3.05) is 0 Å². The van der Waals surface area contributed by atoms with Crippen molar-refractivity contribution in [3.8, 4) is 0 Å². The maximum Gasteiger partial charge on any atom is 0.316 e. The molecular formula is C3H9Mg. The van der Waals surface area contributed by atoms with E-state index in [1.807, 2.05) is 6.92 Å². The molecule has 4 heavy (non-hydrogen) atoms. The maximum atomic E-state index is 3.49. The molecule has 0 N–H and O–H groups in total. The van der Waals surface area contributed by atoms with Gasteiger partial charge in [0.2, 0.25) is 0 Å². The average molecular weight is 69.4 g/mol. The Hall–Kier alpha value is 0.766. The van der Waals surface area contributed by atoms with Gasteiger partial charge in [-0.25, -0.2) is 0 Å². The Morgan fingerprint density at radius 1 is 1.75 bits per heavy atom. The smallest absolute Gasteiger partial charge is 0.0654 e. The van der Waals surface area contributed by atoms with Crippen LogP contribution < -0.4 is 0 Å². The van der Waals surface area contributed by atoms with Gasteiger partial charge >= 0.3 is 23.1 Å². The van der Waals surface area contributed by atoms with Crippen LogP contribution in [0.25, 0.3) is 0 Å². The Morgan fingerprint density at radius 3 is 1.75 bits per heavy atom. The Labute approximate surface area is 43.7 Å². The highest BCUT2D eigenvalue weighted by atomic mass is 24.3. The Kier molecular flexibility index (Phi) is 20.4. The predicted octanol–water partition coefficient (Wildman–Crippen LogP) is 0.314. The quantitative estimate of drug-likeness (QED) is 0.359. The molecule has 0 aromatic rings. The van der Waals surface area contributed by atoms with E-state index in [1.165, 1.54) is 0 Å². The summed E-state index contributed by atoms with van der Waals surface area (Å²) in [5.41, 5.74) is 0. The Balaban J connectivity index is 0. The summed E-state index contributed by atoms with van der Waals surface area (Å²) < 4.78 is 0. The van der Waals surface area contributed by atoms with Gasteiger partial charge < -0.3 is 0 Å². The molecule has 0 bridgehead atoms. The molecule has 0 aromatic heterocycles. The lowest BCUT2D eigenvalue weighted by Gasteiger charge is -1.47. The molecule has 0 amide bonds. The van der Waals surface area contributed by atoms with E-state index >= 15 is 0 Å². The molecule has 0 nitrogen and oxygen atoms in total. The SMILES string of the molecule is [CH2]CC.[MgH2]. The largest absolute Gasteiger partial charge is 0.316 e. The first-order chi connectivity index (χ1) is 1.41. The lowest BCUT2D eigenvalue weighted by Crippen LogP contribution is -1.29. The van der Waals surface area contributed by atoms with E-state index in [-0.39, 0.29) is 23.1 Å². The van der Waals surface area contributed by atoms with Crippen LogP contribution in [-0.4, -0.2) is 23.1 Å². The molecule has 0 spiro atoms. The van der Waals surface area contributed by atoms with Gasteiger partial charge in [-0.3, -0.25) is 0 Å². The highest BCUT2D eigenvalue weighted by molar-refractivity contribution is 5.75. The zero-order chi connectivity index (χ0) is 2.71. The second-order valence-corrected chi connectivity index (χ2v) is 0.500. The number of rotatable bonds is 0. The molecule has 0 aliphatic heterocycles. The Bertz CT molecular complexity index is 3.25. The third-order valence-corrected chi connectivity index (χ3v) is 0. The zero-order valence-corrected chi connectivity index (χ0v) is 2.41. The normalized spacial score (nSPS) is 4.50. The van der Waals surface area contributed by atoms with Crippen LogP contribution in [0.15, 0.2) is 0 Å². The molecule has 0 atom stereocenters. The lowest BCUT2D eigenvalue weighted by atomic mass is 10.6. The fourth-order valence-electron chi connectivity index (χ4n) is 0. The summed E-state index contributed by atoms with van der Waals surface area (Å²) in [5, 5.41) is 0. The van der Waals surface area contributed by atoms with Gasteiger partial charge in [0.15, 0.2) is 0 Å². The van der Waals surface area contributed by atoms with Crippen molar-refractivity contribution in [1.82, 2.24) is 0 Å². The van der Waals surface area contributed by atoms with E-state index in [2.05, 4.69) is 6.92 Å². The molecule has 0 saturated carbocycles. The molecular weight excluding hydrogens is 60.3 g/mol. The van der Waals surface area contributed by atoms with Gasteiger partial charge in [0.25, 0.3) is 0 Å². The van der Waals surface area contributed by atoms with Crippen LogP contribution in [0.4, 0.5) is 0 Å². The number of hydrogen-bond acceptors (Lipinski definition) is 0. The van der Waals surface area contributed by atoms with Crippen LogP contribution in [0.2, 0.25) is 0 Å². The molecule has 0 aromatic carbocycles. The Morgan fingerprint density at radius 2 is 1.75 bits per heavy atom. The number of hydrogen-bond donors (Lipinski definition) is 0. The van der Waals surface area contributed by atoms with Gasteiger partial charge in [-0.15, -0.1) is 0 Å². The second-order valence-electron chi connectivity index (χ2n) is 0.500. The lowest BCUT2D eigenvalue weighted by molar-refractivity contribution is 1.23. The maximum absolute atomic E-state index is 3.49. The van der Waals surface area contributed by atoms with Gasteiger partial charge in [-0.1, -0.05) is 20.3 Å². The molecule has 0 saturated heterocycles. The van der Waals surface area contributed by atoms with Crippen LogP contribution in [0.3, 0.4) is 0 Å². The van der Waals surface area contributed by atoms with E-state index in [9.17, 15) is 0 Å². The van der Waals surface area contributed by atoms with Gasteiger partial charge in [-0.2, -0.15) is 0 Å². The van der Waals surface area contributed by atoms with Crippen molar-refractivity contribution >= 4 is 23.1 Å². The van der Waals surface area contributed by atoms with Crippen LogP contribution >= 0.6 is 0 Å². The van der Waals surface area contributed by atoms with Crippen LogP contribution in [0.1, 0.15) is 13.3 Å². The second kappa shape index (κ2) is 9.24. The highest BCUT2D eigenvalue weighted by Gasteiger charge is 1.36. The van der Waals surface area contributed by atoms with Crippen molar-refractivity contribution in [3.63, 3.8) is 0 Å². The molecule has 1 heteroatoms. The molecule has 0 aliphatic carbocycles. The van der Waals surface area contributed by atoms with Crippen molar-refractivity contribution in [2.45, 2.75) is 13.3 Å². The third-order valence-electron chi connectivity index (χ3n) is 0. The van der Waals surface area contributed by atoms with Gasteiger partial charge in [0, 0.05) is 0 Å². The van der Waals surface area contributed by atoms with Crippen molar-refractivity contribution in [1.29, 1.82) is 0 Å². The molecule has 0 rings (SSSR count). The highest BCUT2D eigenvalue weighted by Crippen LogP contribution is 1.54. The van der Waals surface area contributed by atoms with Crippen molar-refractivity contribution in [3.05, 3.63) is 6.92 Å². The monoisotopic (exact) mass is 69.1 g/mol. The standard InChI is InChI=1S/C3H7.Mg.2H/c1-3-2;;;/h1,3H2,2H3;;;. The van der Waals surface area contributed by atoms with Crippen LogP contribution in [0.5, 0.6) is 0 Å². The molecule has 0 heterocycles. The summed E-state index contributed by atoms with van der Waals surface area (Å²) in [4.78, 5) is 0. The topological polar surface area (TPSA) is 0 Å². The first-order valence-corrected chi connectivity index (χ1v) is 1.21. The molecule has 1 radical (unpaired) electrons. The van der Waals surface area contributed by atoms with E-state index in [1.54, 1.807) is 0 Å². The van der Waals surface area contributed by atoms with Gasteiger partial charge in [0.1, 0.15) is 0 Å². The minimum absolute atomic E-state index is 0. The van der Waals surface area contributed by atoms with Crippen LogP contribution in [-0.2, 0) is 0 Å². The summed E-state index contributed by atoms with van der Waals surface area (Å²) in [5.74, 6) is 0. The average Bonchev–Trinajstić information content (AvgIpc) is 0.918. The predicted molar refractivity (Wildman–Crippen MR) is 24.2 cm³/mol. The van der Waals surface area contributed by atoms with E-state index in [0.717, 1.165) is 6.42 Å². The minimum Gasteiger partial charge on any atom is -0.0654 e. The molecule has 23 valence electrons. The summed E-state index contributed by atoms with van der Waals surface area (Å²) in [6.07, 6.45) is 1.00. The van der Waals surface area contributed by atoms with Crippen LogP contribution in [0, 0.1) is 6.92 Å². The third kappa shape index (κ3) is 14.7. The molecule has 0 aliphatic rings. The summed E-state index contributed by atoms with van der Waals surface area (Å²) >= 11 is 0. The molecule has 0 fully saturated rings. The zero-order valence-electron chi connectivity index (χ0n) is 2.41. The van der Waals surface area contributed by atoms with Crippen molar-refractivity contribution < 1.29 is 0 Å². The molecule has 0 unspecified atom stereocenters. The minimum atomic E-state index is 0. The fraction of sp³-hybridized carbons (Fsp3) is 0.667. The van der Waals surface area contributed by atoms with Gasteiger partial charge in [-0.05, 0) is 0 Å². The summed E-state index contributed by atoms with van der Waals surface area (Å²) in [7, 11) is 0. The van der Waals surface area contributed by atoms with E-state index in [4.69, 9.17) is 0 Å². The van der Waals surface area contributed by atoms with Gasteiger partial charge in [0.05, 0.1) is 0 Å². The summed E-state index contributed by atoms with van der Waals surface area (Å²) in [6.45, 7) is 5.50. The van der Waals surface area contributed by atoms with Crippen molar-refractivity contribution in [2.24, 2.45) is 0 Å². The van der Waals surface area contributed by atoms with E-state index in [0.29, 0.717) is 0 Å². The first kappa shape index (κ1) is 8.84.